The third-order valence-electron chi connectivity index (χ3n) is 8.34. The van der Waals surface area contributed by atoms with Gasteiger partial charge in [0.2, 0.25) is 5.91 Å². The molecule has 15 heteroatoms. The number of para-hydroxylation sites is 1. The van der Waals surface area contributed by atoms with Gasteiger partial charge in [0, 0.05) is 33.3 Å². The van der Waals surface area contributed by atoms with Crippen LogP contribution in [0.5, 0.6) is 11.5 Å². The van der Waals surface area contributed by atoms with Crippen LogP contribution >= 0.6 is 0 Å². The van der Waals surface area contributed by atoms with E-state index in [1.165, 1.54) is 60.0 Å². The Bertz CT molecular complexity index is 1920. The molecule has 1 atom stereocenters. The first-order valence-corrected chi connectivity index (χ1v) is 16.1. The topological polar surface area (TPSA) is 139 Å². The van der Waals surface area contributed by atoms with Gasteiger partial charge in [0.05, 0.1) is 56.5 Å². The molecule has 4 amide bonds. The number of hydrogen-bond donors (Lipinski definition) is 1. The van der Waals surface area contributed by atoms with E-state index in [2.05, 4.69) is 5.32 Å². The number of urea groups is 1. The van der Waals surface area contributed by atoms with Crippen molar-refractivity contribution in [2.24, 2.45) is 0 Å². The van der Waals surface area contributed by atoms with Gasteiger partial charge in [-0.1, -0.05) is 12.1 Å². The first-order valence-electron chi connectivity index (χ1n) is 16.1. The maximum absolute atomic E-state index is 14.3. The fraction of sp³-hybridized carbons (Fsp3) is 0.343. The van der Waals surface area contributed by atoms with Gasteiger partial charge in [-0.15, -0.1) is 0 Å². The molecule has 1 aliphatic heterocycles. The predicted molar refractivity (Wildman–Crippen MR) is 188 cm³/mol. The van der Waals surface area contributed by atoms with Crippen LogP contribution in [0.4, 0.5) is 25.4 Å². The van der Waals surface area contributed by atoms with Crippen LogP contribution in [0.3, 0.4) is 0 Å². The zero-order valence-corrected chi connectivity index (χ0v) is 28.6. The van der Waals surface area contributed by atoms with Crippen LogP contribution in [0, 0.1) is 5.82 Å². The van der Waals surface area contributed by atoms with Crippen molar-refractivity contribution in [2.75, 3.05) is 75.8 Å². The standard InChI is InChI=1S/C35H40FN7O7.H2/c1-6-50-35(47)39(3)22-31(44)40-17-19-41(20-18-40)43-32(38-28-10-8-7-9-27(28)33(43)45)23(2)42(29-16-15-26(48-4)21-30(29)49-5)34(46)37-25-13-11-24(36)12-14-25;/h7-16,21,23H,6,17-20,22H2,1-5H3,(H,37,46);1H. The quantitative estimate of drug-likeness (QED) is 0.255. The summed E-state index contributed by atoms with van der Waals surface area (Å²) in [5.41, 5.74) is 0.793. The van der Waals surface area contributed by atoms with E-state index in [4.69, 9.17) is 19.2 Å². The molecule has 1 unspecified atom stereocenters. The summed E-state index contributed by atoms with van der Waals surface area (Å²) in [5, 5.41) is 5.00. The third-order valence-corrected chi connectivity index (χ3v) is 8.34. The molecule has 1 aromatic heterocycles. The first kappa shape index (κ1) is 35.4. The molecular weight excluding hydrogens is 649 g/mol. The van der Waals surface area contributed by atoms with Crippen molar-refractivity contribution in [1.82, 2.24) is 19.5 Å². The highest BCUT2D eigenvalue weighted by Gasteiger charge is 2.33. The lowest BCUT2D eigenvalue weighted by atomic mass is 10.1. The minimum atomic E-state index is -0.882. The number of carbonyl (C=O) groups excluding carboxylic acids is 3. The molecule has 1 aliphatic rings. The number of piperazine rings is 1. The average molecular weight is 692 g/mol. The van der Waals surface area contributed by atoms with Crippen LogP contribution in [-0.4, -0.2) is 98.1 Å². The van der Waals surface area contributed by atoms with E-state index in [1.807, 2.05) is 0 Å². The van der Waals surface area contributed by atoms with Gasteiger partial charge in [-0.25, -0.2) is 23.6 Å². The van der Waals surface area contributed by atoms with E-state index in [9.17, 15) is 23.6 Å². The van der Waals surface area contributed by atoms with Crippen molar-refractivity contribution in [3.05, 3.63) is 88.7 Å². The smallest absolute Gasteiger partial charge is 0.409 e. The summed E-state index contributed by atoms with van der Waals surface area (Å²) in [7, 11) is 4.48. The van der Waals surface area contributed by atoms with Gasteiger partial charge in [-0.05, 0) is 62.4 Å². The Kier molecular flexibility index (Phi) is 11.0. The van der Waals surface area contributed by atoms with Crippen LogP contribution in [0.15, 0.2) is 71.5 Å². The van der Waals surface area contributed by atoms with Gasteiger partial charge < -0.3 is 34.3 Å². The molecule has 0 bridgehead atoms. The van der Waals surface area contributed by atoms with E-state index in [0.29, 0.717) is 33.8 Å². The lowest BCUT2D eigenvalue weighted by Gasteiger charge is -2.39. The molecule has 1 N–H and O–H groups in total. The molecule has 2 heterocycles. The van der Waals surface area contributed by atoms with E-state index in [1.54, 1.807) is 66.2 Å². The number of likely N-dealkylation sites (N-methyl/N-ethyl adjacent to an activating group) is 1. The van der Waals surface area contributed by atoms with Gasteiger partial charge in [0.1, 0.15) is 23.9 Å². The molecular formula is C35H42FN7O7. The van der Waals surface area contributed by atoms with Crippen molar-refractivity contribution in [2.45, 2.75) is 19.9 Å². The zero-order valence-electron chi connectivity index (χ0n) is 28.6. The maximum Gasteiger partial charge on any atom is 0.409 e. The number of carbonyl (C=O) groups is 3. The van der Waals surface area contributed by atoms with E-state index >= 15 is 0 Å². The molecule has 4 aromatic rings. The number of hydrogen-bond acceptors (Lipinski definition) is 9. The third kappa shape index (κ3) is 7.56. The Hall–Kier alpha value is -5.86. The number of fused-ring (bicyclic) bond motifs is 1. The molecule has 1 fully saturated rings. The molecule has 14 nitrogen and oxygen atoms in total. The highest BCUT2D eigenvalue weighted by atomic mass is 19.1. The number of ether oxygens (including phenoxy) is 3. The summed E-state index contributed by atoms with van der Waals surface area (Å²) < 4.78 is 31.2. The van der Waals surface area contributed by atoms with Gasteiger partial charge in [0.25, 0.3) is 5.56 Å². The van der Waals surface area contributed by atoms with Crippen molar-refractivity contribution in [1.29, 1.82) is 0 Å². The minimum absolute atomic E-state index is 0. The van der Waals surface area contributed by atoms with Gasteiger partial charge in [0.15, 0.2) is 5.82 Å². The van der Waals surface area contributed by atoms with Crippen molar-refractivity contribution in [3.63, 3.8) is 0 Å². The molecule has 1 saturated heterocycles. The zero-order chi connectivity index (χ0) is 35.9. The second kappa shape index (κ2) is 15.6. The Labute approximate surface area is 290 Å². The molecule has 0 saturated carbocycles. The Morgan fingerprint density at radius 2 is 1.70 bits per heavy atom. The highest BCUT2D eigenvalue weighted by Crippen LogP contribution is 2.37. The SMILES string of the molecule is CCOC(=O)N(C)CC(=O)N1CCN(n2c(C(C)N(C(=O)Nc3ccc(F)cc3)c3ccc(OC)cc3OC)nc3ccccc3c2=O)CC1.[HH]. The minimum Gasteiger partial charge on any atom is -0.497 e. The van der Waals surface area contributed by atoms with Crippen LogP contribution in [0.1, 0.15) is 27.1 Å². The van der Waals surface area contributed by atoms with Crippen molar-refractivity contribution in [3.8, 4) is 11.5 Å². The number of halogens is 1. The lowest BCUT2D eigenvalue weighted by molar-refractivity contribution is -0.132. The monoisotopic (exact) mass is 691 g/mol. The predicted octanol–water partition coefficient (Wildman–Crippen LogP) is 4.47. The van der Waals surface area contributed by atoms with E-state index in [0.717, 1.165) is 0 Å². The molecule has 3 aromatic carbocycles. The summed E-state index contributed by atoms with van der Waals surface area (Å²) in [6, 6.07) is 15.8. The first-order chi connectivity index (χ1) is 24.1. The number of methoxy groups -OCH3 is 2. The number of nitrogens with zero attached hydrogens (tertiary/aromatic N) is 6. The number of rotatable bonds is 10. The van der Waals surface area contributed by atoms with E-state index < -0.39 is 24.0 Å². The van der Waals surface area contributed by atoms with E-state index in [-0.39, 0.29) is 58.0 Å². The highest BCUT2D eigenvalue weighted by molar-refractivity contribution is 6.03. The fourth-order valence-electron chi connectivity index (χ4n) is 5.74. The summed E-state index contributed by atoms with van der Waals surface area (Å²) >= 11 is 0. The normalized spacial score (nSPS) is 13.4. The van der Waals surface area contributed by atoms with Crippen molar-refractivity contribution >= 4 is 40.3 Å². The number of aromatic nitrogens is 2. The molecule has 0 aliphatic carbocycles. The van der Waals surface area contributed by atoms with Crippen LogP contribution in [-0.2, 0) is 9.53 Å². The number of anilines is 2. The largest absolute Gasteiger partial charge is 0.497 e. The number of benzene rings is 3. The summed E-state index contributed by atoms with van der Waals surface area (Å²) in [6.07, 6.45) is -0.589. The number of amides is 4. The van der Waals surface area contributed by atoms with Crippen molar-refractivity contribution < 1.29 is 34.4 Å². The van der Waals surface area contributed by atoms with Gasteiger partial charge in [-0.3, -0.25) is 14.5 Å². The Balaban J connectivity index is 0.00000583. The lowest BCUT2D eigenvalue weighted by Crippen LogP contribution is -2.58. The summed E-state index contributed by atoms with van der Waals surface area (Å²) in [4.78, 5) is 62.7. The Morgan fingerprint density at radius 1 is 1.00 bits per heavy atom. The molecule has 0 radical (unpaired) electrons. The fourth-order valence-corrected chi connectivity index (χ4v) is 5.74. The molecule has 0 spiro atoms. The maximum atomic E-state index is 14.3. The Morgan fingerprint density at radius 3 is 2.36 bits per heavy atom. The average Bonchev–Trinajstić information content (AvgIpc) is 3.12. The molecule has 50 heavy (non-hydrogen) atoms. The number of nitrogens with one attached hydrogen (secondary N) is 1. The second-order valence-corrected chi connectivity index (χ2v) is 11.5. The second-order valence-electron chi connectivity index (χ2n) is 11.5. The van der Waals surface area contributed by atoms with Gasteiger partial charge in [-0.2, -0.15) is 0 Å². The van der Waals surface area contributed by atoms with Crippen LogP contribution in [0.2, 0.25) is 0 Å². The molecule has 266 valence electrons. The van der Waals surface area contributed by atoms with Crippen LogP contribution < -0.4 is 30.3 Å². The van der Waals surface area contributed by atoms with Crippen LogP contribution in [0.25, 0.3) is 10.9 Å². The summed E-state index contributed by atoms with van der Waals surface area (Å²) in [5.74, 6) is 0.358. The van der Waals surface area contributed by atoms with Gasteiger partial charge >= 0.3 is 12.1 Å². The molecule has 5 rings (SSSR count). The summed E-state index contributed by atoms with van der Waals surface area (Å²) in [6.45, 7) is 4.54.